The van der Waals surface area contributed by atoms with E-state index in [4.69, 9.17) is 9.15 Å². The highest BCUT2D eigenvalue weighted by Crippen LogP contribution is 2.30. The molecule has 3 heteroatoms. The van der Waals surface area contributed by atoms with Crippen LogP contribution in [0.2, 0.25) is 0 Å². The number of aryl methyl sites for hydroxylation is 2. The van der Waals surface area contributed by atoms with Crippen molar-refractivity contribution in [2.75, 3.05) is 7.11 Å². The molecule has 0 unspecified atom stereocenters. The number of nitrogens with zero attached hydrogens (tertiary/aromatic N) is 1. The van der Waals surface area contributed by atoms with Crippen LogP contribution in [0.5, 0.6) is 5.75 Å². The maximum Gasteiger partial charge on any atom is 0.229 e. The minimum Gasteiger partial charge on any atom is -0.496 e. The van der Waals surface area contributed by atoms with Gasteiger partial charge in [0.15, 0.2) is 0 Å². The molecule has 0 amide bonds. The number of rotatable bonds is 2. The van der Waals surface area contributed by atoms with Crippen molar-refractivity contribution in [1.29, 1.82) is 0 Å². The van der Waals surface area contributed by atoms with Crippen LogP contribution in [-0.2, 0) is 0 Å². The van der Waals surface area contributed by atoms with Crippen LogP contribution in [0.4, 0.5) is 0 Å². The van der Waals surface area contributed by atoms with Crippen LogP contribution in [0, 0.1) is 13.8 Å². The first-order valence-corrected chi connectivity index (χ1v) is 4.78. The van der Waals surface area contributed by atoms with Crippen LogP contribution in [0.25, 0.3) is 11.5 Å². The Hall–Kier alpha value is -1.77. The zero-order valence-electron chi connectivity index (χ0n) is 9.07. The molecule has 0 aliphatic carbocycles. The molecule has 0 N–H and O–H groups in total. The average molecular weight is 203 g/mol. The van der Waals surface area contributed by atoms with E-state index in [0.717, 1.165) is 22.6 Å². The standard InChI is InChI=1S/C12H13NO2/c1-8-4-5-10(11(6-8)14-3)12-13-7-9(2)15-12/h4-7H,1-3H3. The molecule has 1 heterocycles. The Bertz CT molecular complexity index is 474. The Morgan fingerprint density at radius 2 is 2.07 bits per heavy atom. The molecule has 15 heavy (non-hydrogen) atoms. The van der Waals surface area contributed by atoms with Crippen molar-refractivity contribution >= 4 is 0 Å². The summed E-state index contributed by atoms with van der Waals surface area (Å²) in [6.07, 6.45) is 1.70. The summed E-state index contributed by atoms with van der Waals surface area (Å²) in [5.74, 6) is 2.19. The van der Waals surface area contributed by atoms with E-state index in [-0.39, 0.29) is 0 Å². The molecule has 0 spiro atoms. The van der Waals surface area contributed by atoms with Crippen molar-refractivity contribution in [3.63, 3.8) is 0 Å². The SMILES string of the molecule is COc1cc(C)ccc1-c1ncc(C)o1. The van der Waals surface area contributed by atoms with Gasteiger partial charge in [-0.3, -0.25) is 0 Å². The second kappa shape index (κ2) is 3.77. The molecule has 1 aromatic heterocycles. The minimum atomic E-state index is 0.601. The summed E-state index contributed by atoms with van der Waals surface area (Å²) in [6.45, 7) is 3.89. The Balaban J connectivity index is 2.52. The van der Waals surface area contributed by atoms with Crippen molar-refractivity contribution in [3.8, 4) is 17.2 Å². The van der Waals surface area contributed by atoms with E-state index in [9.17, 15) is 0 Å². The summed E-state index contributed by atoms with van der Waals surface area (Å²) in [4.78, 5) is 4.18. The first-order chi connectivity index (χ1) is 7.20. The van der Waals surface area contributed by atoms with E-state index < -0.39 is 0 Å². The molecule has 0 atom stereocenters. The second-order valence-electron chi connectivity index (χ2n) is 3.48. The van der Waals surface area contributed by atoms with E-state index in [1.165, 1.54) is 0 Å². The van der Waals surface area contributed by atoms with Gasteiger partial charge in [-0.05, 0) is 31.5 Å². The van der Waals surface area contributed by atoms with Gasteiger partial charge >= 0.3 is 0 Å². The molecule has 3 nitrogen and oxygen atoms in total. The molecule has 78 valence electrons. The van der Waals surface area contributed by atoms with E-state index in [1.807, 2.05) is 32.0 Å². The molecule has 0 bridgehead atoms. The fourth-order valence-corrected chi connectivity index (χ4v) is 1.45. The molecule has 0 fully saturated rings. The smallest absolute Gasteiger partial charge is 0.229 e. The summed E-state index contributed by atoms with van der Waals surface area (Å²) in [5.41, 5.74) is 2.04. The van der Waals surface area contributed by atoms with Crippen LogP contribution in [0.1, 0.15) is 11.3 Å². The number of benzene rings is 1. The van der Waals surface area contributed by atoms with Crippen molar-refractivity contribution in [2.45, 2.75) is 13.8 Å². The molecule has 1 aromatic carbocycles. The molecule has 0 saturated heterocycles. The van der Waals surface area contributed by atoms with Crippen molar-refractivity contribution < 1.29 is 9.15 Å². The van der Waals surface area contributed by atoms with Crippen LogP contribution < -0.4 is 4.74 Å². The molecule has 0 radical (unpaired) electrons. The monoisotopic (exact) mass is 203 g/mol. The van der Waals surface area contributed by atoms with Crippen molar-refractivity contribution in [1.82, 2.24) is 4.98 Å². The second-order valence-corrected chi connectivity index (χ2v) is 3.48. The third-order valence-electron chi connectivity index (χ3n) is 2.21. The zero-order valence-corrected chi connectivity index (χ0v) is 9.07. The summed E-state index contributed by atoms with van der Waals surface area (Å²) >= 11 is 0. The van der Waals surface area contributed by atoms with Gasteiger partial charge in [0.05, 0.1) is 18.9 Å². The van der Waals surface area contributed by atoms with E-state index in [1.54, 1.807) is 13.3 Å². The highest BCUT2D eigenvalue weighted by atomic mass is 16.5. The summed E-state index contributed by atoms with van der Waals surface area (Å²) < 4.78 is 10.8. The maximum atomic E-state index is 5.46. The van der Waals surface area contributed by atoms with Crippen LogP contribution in [0.15, 0.2) is 28.8 Å². The summed E-state index contributed by atoms with van der Waals surface area (Å²) in [7, 11) is 1.65. The maximum absolute atomic E-state index is 5.46. The third kappa shape index (κ3) is 1.86. The van der Waals surface area contributed by atoms with Crippen molar-refractivity contribution in [3.05, 3.63) is 35.7 Å². The van der Waals surface area contributed by atoms with Gasteiger partial charge in [0.25, 0.3) is 0 Å². The normalized spacial score (nSPS) is 10.3. The number of ether oxygens (including phenoxy) is 1. The summed E-state index contributed by atoms with van der Waals surface area (Å²) in [6, 6.07) is 5.94. The van der Waals surface area contributed by atoms with Crippen LogP contribution in [-0.4, -0.2) is 12.1 Å². The molecule has 2 rings (SSSR count). The van der Waals surface area contributed by atoms with Gasteiger partial charge in [0.2, 0.25) is 5.89 Å². The number of hydrogen-bond donors (Lipinski definition) is 0. The van der Waals surface area contributed by atoms with Gasteiger partial charge in [0.1, 0.15) is 11.5 Å². The predicted octanol–water partition coefficient (Wildman–Crippen LogP) is 2.97. The highest BCUT2D eigenvalue weighted by molar-refractivity contribution is 5.63. The Kier molecular flexibility index (Phi) is 2.46. The number of oxazole rings is 1. The topological polar surface area (TPSA) is 35.3 Å². The van der Waals surface area contributed by atoms with Gasteiger partial charge in [-0.2, -0.15) is 0 Å². The number of aromatic nitrogens is 1. The highest BCUT2D eigenvalue weighted by Gasteiger charge is 2.10. The van der Waals surface area contributed by atoms with Gasteiger partial charge in [-0.1, -0.05) is 6.07 Å². The van der Waals surface area contributed by atoms with Gasteiger partial charge in [0, 0.05) is 0 Å². The number of methoxy groups -OCH3 is 1. The lowest BCUT2D eigenvalue weighted by atomic mass is 10.1. The fourth-order valence-electron chi connectivity index (χ4n) is 1.45. The molecule has 0 aliphatic heterocycles. The first kappa shape index (κ1) is 9.77. The Labute approximate surface area is 88.7 Å². The molecule has 0 aliphatic rings. The average Bonchev–Trinajstić information content (AvgIpc) is 2.64. The quantitative estimate of drug-likeness (QED) is 0.752. The molecule has 0 saturated carbocycles. The molecule has 2 aromatic rings. The Morgan fingerprint density at radius 3 is 2.67 bits per heavy atom. The van der Waals surface area contributed by atoms with E-state index >= 15 is 0 Å². The number of hydrogen-bond acceptors (Lipinski definition) is 3. The predicted molar refractivity (Wildman–Crippen MR) is 58.0 cm³/mol. The van der Waals surface area contributed by atoms with E-state index in [2.05, 4.69) is 4.98 Å². The van der Waals surface area contributed by atoms with Crippen molar-refractivity contribution in [2.24, 2.45) is 0 Å². The van der Waals surface area contributed by atoms with E-state index in [0.29, 0.717) is 5.89 Å². The lowest BCUT2D eigenvalue weighted by molar-refractivity contribution is 0.413. The minimum absolute atomic E-state index is 0.601. The fraction of sp³-hybridized carbons (Fsp3) is 0.250. The first-order valence-electron chi connectivity index (χ1n) is 4.78. The zero-order chi connectivity index (χ0) is 10.8. The van der Waals surface area contributed by atoms with Gasteiger partial charge in [-0.15, -0.1) is 0 Å². The third-order valence-corrected chi connectivity index (χ3v) is 2.21. The lowest BCUT2D eigenvalue weighted by Crippen LogP contribution is -1.88. The molecular formula is C12H13NO2. The molecular weight excluding hydrogens is 190 g/mol. The lowest BCUT2D eigenvalue weighted by Gasteiger charge is -2.05. The van der Waals surface area contributed by atoms with Crippen LogP contribution in [0.3, 0.4) is 0 Å². The Morgan fingerprint density at radius 1 is 1.27 bits per heavy atom. The van der Waals surface area contributed by atoms with Gasteiger partial charge < -0.3 is 9.15 Å². The van der Waals surface area contributed by atoms with Crippen LogP contribution >= 0.6 is 0 Å². The largest absolute Gasteiger partial charge is 0.496 e. The van der Waals surface area contributed by atoms with Gasteiger partial charge in [-0.25, -0.2) is 4.98 Å². The summed E-state index contributed by atoms with van der Waals surface area (Å²) in [5, 5.41) is 0.